The van der Waals surface area contributed by atoms with Gasteiger partial charge in [0.25, 0.3) is 11.7 Å². The number of benzene rings is 1. The van der Waals surface area contributed by atoms with Crippen LogP contribution >= 0.6 is 0 Å². The fraction of sp³-hybridized carbons (Fsp3) is 0.160. The molecule has 0 bridgehead atoms. The number of hydrogen-bond acceptors (Lipinski definition) is 6. The van der Waals surface area contributed by atoms with Gasteiger partial charge >= 0.3 is 0 Å². The molecule has 162 valence electrons. The molecule has 7 nitrogen and oxygen atoms in total. The van der Waals surface area contributed by atoms with Crippen molar-refractivity contribution in [3.05, 3.63) is 102 Å². The van der Waals surface area contributed by atoms with E-state index in [2.05, 4.69) is 11.6 Å². The number of rotatable bonds is 7. The summed E-state index contributed by atoms with van der Waals surface area (Å²) >= 11 is 0. The summed E-state index contributed by atoms with van der Waals surface area (Å²) in [5.74, 6) is -0.116. The predicted octanol–water partition coefficient (Wildman–Crippen LogP) is 4.17. The average molecular weight is 430 g/mol. The van der Waals surface area contributed by atoms with Crippen LogP contribution in [-0.4, -0.2) is 33.3 Å². The first-order valence-corrected chi connectivity index (χ1v) is 10.1. The smallest absolute Gasteiger partial charge is 0.296 e. The Labute approximate surface area is 185 Å². The molecule has 1 fully saturated rings. The average Bonchev–Trinajstić information content (AvgIpc) is 3.34. The number of aliphatic hydroxyl groups is 1. The highest BCUT2D eigenvalue weighted by atomic mass is 16.5. The molecule has 3 aromatic rings. The van der Waals surface area contributed by atoms with E-state index < -0.39 is 17.7 Å². The lowest BCUT2D eigenvalue weighted by molar-refractivity contribution is -0.140. The van der Waals surface area contributed by atoms with Gasteiger partial charge in [-0.25, -0.2) is 0 Å². The van der Waals surface area contributed by atoms with E-state index in [4.69, 9.17) is 9.15 Å². The van der Waals surface area contributed by atoms with Crippen LogP contribution in [0.5, 0.6) is 5.75 Å². The van der Waals surface area contributed by atoms with Gasteiger partial charge in [0.15, 0.2) is 0 Å². The number of Topliss-reactive ketones (excluding diaryl/α,β-unsaturated/α-hetero) is 1. The second-order valence-corrected chi connectivity index (χ2v) is 7.36. The number of furan rings is 1. The van der Waals surface area contributed by atoms with E-state index in [1.807, 2.05) is 6.07 Å². The maximum absolute atomic E-state index is 13.0. The molecule has 3 heterocycles. The maximum atomic E-state index is 13.0. The summed E-state index contributed by atoms with van der Waals surface area (Å²) in [7, 11) is 0. The molecule has 1 saturated heterocycles. The number of aryl methyl sites for hydroxylation is 1. The number of carbonyl (C=O) groups is 2. The highest BCUT2D eigenvalue weighted by Crippen LogP contribution is 2.40. The van der Waals surface area contributed by atoms with E-state index in [0.717, 1.165) is 5.56 Å². The quantitative estimate of drug-likeness (QED) is 0.262. The molecule has 4 rings (SSSR count). The largest absolute Gasteiger partial charge is 0.507 e. The third-order valence-electron chi connectivity index (χ3n) is 5.14. The van der Waals surface area contributed by atoms with Crippen LogP contribution in [0.25, 0.3) is 5.76 Å². The number of aliphatic hydroxyl groups excluding tert-OH is 1. The zero-order chi connectivity index (χ0) is 22.7. The number of ketones is 1. The Balaban J connectivity index is 1.77. The second-order valence-electron chi connectivity index (χ2n) is 7.36. The predicted molar refractivity (Wildman–Crippen MR) is 118 cm³/mol. The van der Waals surface area contributed by atoms with Crippen LogP contribution in [0.1, 0.15) is 28.7 Å². The summed E-state index contributed by atoms with van der Waals surface area (Å²) in [4.78, 5) is 31.4. The highest BCUT2D eigenvalue weighted by Gasteiger charge is 2.47. The van der Waals surface area contributed by atoms with Gasteiger partial charge in [0.1, 0.15) is 35.7 Å². The fourth-order valence-corrected chi connectivity index (χ4v) is 3.65. The zero-order valence-electron chi connectivity index (χ0n) is 17.5. The minimum Gasteiger partial charge on any atom is -0.507 e. The number of hydrogen-bond donors (Lipinski definition) is 1. The van der Waals surface area contributed by atoms with Gasteiger partial charge in [0, 0.05) is 24.5 Å². The lowest BCUT2D eigenvalue weighted by atomic mass is 9.99. The van der Waals surface area contributed by atoms with Gasteiger partial charge in [-0.1, -0.05) is 18.7 Å². The lowest BCUT2D eigenvalue weighted by Crippen LogP contribution is -2.29. The monoisotopic (exact) mass is 430 g/mol. The molecule has 0 saturated carbocycles. The molecular weight excluding hydrogens is 408 g/mol. The van der Waals surface area contributed by atoms with Crippen molar-refractivity contribution in [2.24, 2.45) is 0 Å². The van der Waals surface area contributed by atoms with Gasteiger partial charge in [-0.3, -0.25) is 14.6 Å². The van der Waals surface area contributed by atoms with Crippen LogP contribution in [0, 0.1) is 6.92 Å². The first-order chi connectivity index (χ1) is 15.5. The molecule has 2 aromatic heterocycles. The molecular formula is C25H22N2O5. The first-order valence-electron chi connectivity index (χ1n) is 10.1. The van der Waals surface area contributed by atoms with E-state index in [1.165, 1.54) is 4.90 Å². The minimum absolute atomic E-state index is 0.0204. The summed E-state index contributed by atoms with van der Waals surface area (Å²) in [5.41, 5.74) is 1.13. The molecule has 32 heavy (non-hydrogen) atoms. The van der Waals surface area contributed by atoms with Crippen molar-refractivity contribution in [3.63, 3.8) is 0 Å². The van der Waals surface area contributed by atoms with Crippen LogP contribution in [0.15, 0.2) is 83.6 Å². The van der Waals surface area contributed by atoms with Crippen molar-refractivity contribution in [2.45, 2.75) is 19.5 Å². The third kappa shape index (κ3) is 4.05. The van der Waals surface area contributed by atoms with Gasteiger partial charge in [-0.15, -0.1) is 0 Å². The van der Waals surface area contributed by atoms with Crippen LogP contribution < -0.4 is 4.74 Å². The summed E-state index contributed by atoms with van der Waals surface area (Å²) in [6, 6.07) is 12.8. The van der Waals surface area contributed by atoms with Gasteiger partial charge in [-0.2, -0.15) is 0 Å². The van der Waals surface area contributed by atoms with Crippen LogP contribution in [0.3, 0.4) is 0 Å². The Morgan fingerprint density at radius 2 is 2.00 bits per heavy atom. The van der Waals surface area contributed by atoms with E-state index in [1.54, 1.807) is 67.9 Å². The van der Waals surface area contributed by atoms with E-state index >= 15 is 0 Å². The Morgan fingerprint density at radius 3 is 2.62 bits per heavy atom. The maximum Gasteiger partial charge on any atom is 0.296 e. The molecule has 0 spiro atoms. The Morgan fingerprint density at radius 1 is 1.22 bits per heavy atom. The molecule has 0 aliphatic carbocycles. The Bertz CT molecular complexity index is 1180. The van der Waals surface area contributed by atoms with E-state index in [9.17, 15) is 14.7 Å². The summed E-state index contributed by atoms with van der Waals surface area (Å²) in [5, 5.41) is 11.1. The number of nitrogens with zero attached hydrogens (tertiary/aromatic N) is 2. The number of pyridine rings is 1. The van der Waals surface area contributed by atoms with E-state index in [-0.39, 0.29) is 17.9 Å². The molecule has 7 heteroatoms. The Kier molecular flexibility index (Phi) is 5.89. The standard InChI is InChI=1S/C25H22N2O5/c1-3-13-31-19-9-7-18(8-10-19)23(28)21-22(20-11-6-16(2)32-20)27(25(30)24(21)29)15-17-5-4-12-26-14-17/h3-12,14,22,28H,1,13,15H2,2H3/t22-/m1/s1. The Hall–Kier alpha value is -4.13. The van der Waals surface area contributed by atoms with E-state index in [0.29, 0.717) is 29.4 Å². The molecule has 1 atom stereocenters. The molecule has 0 unspecified atom stereocenters. The topological polar surface area (TPSA) is 92.9 Å². The number of carbonyl (C=O) groups excluding carboxylic acids is 2. The van der Waals surface area contributed by atoms with Crippen molar-refractivity contribution < 1.29 is 23.8 Å². The van der Waals surface area contributed by atoms with Crippen LogP contribution in [0.4, 0.5) is 0 Å². The minimum atomic E-state index is -0.861. The number of aromatic nitrogens is 1. The number of ether oxygens (including phenoxy) is 1. The van der Waals surface area contributed by atoms with Crippen molar-refractivity contribution in [1.29, 1.82) is 0 Å². The summed E-state index contributed by atoms with van der Waals surface area (Å²) in [6.45, 7) is 5.88. The third-order valence-corrected chi connectivity index (χ3v) is 5.14. The molecule has 1 aromatic carbocycles. The lowest BCUT2D eigenvalue weighted by Gasteiger charge is -2.23. The first kappa shape index (κ1) is 21.1. The molecule has 1 aliphatic rings. The van der Waals surface area contributed by atoms with Gasteiger partial charge in [-0.05, 0) is 55.0 Å². The molecule has 0 radical (unpaired) electrons. The highest BCUT2D eigenvalue weighted by molar-refractivity contribution is 6.46. The normalized spacial score (nSPS) is 17.5. The second kappa shape index (κ2) is 8.93. The van der Waals surface area contributed by atoms with Gasteiger partial charge in [0.05, 0.1) is 5.57 Å². The molecule has 1 aliphatic heterocycles. The summed E-state index contributed by atoms with van der Waals surface area (Å²) in [6.07, 6.45) is 4.89. The fourth-order valence-electron chi connectivity index (χ4n) is 3.65. The molecule has 1 N–H and O–H groups in total. The van der Waals surface area contributed by atoms with Crippen molar-refractivity contribution >= 4 is 17.4 Å². The van der Waals surface area contributed by atoms with Crippen LogP contribution in [0.2, 0.25) is 0 Å². The molecule has 1 amide bonds. The number of likely N-dealkylation sites (tertiary alicyclic amines) is 1. The van der Waals surface area contributed by atoms with Gasteiger partial charge in [0.2, 0.25) is 0 Å². The zero-order valence-corrected chi connectivity index (χ0v) is 17.5. The summed E-state index contributed by atoms with van der Waals surface area (Å²) < 4.78 is 11.2. The van der Waals surface area contributed by atoms with Crippen molar-refractivity contribution in [2.75, 3.05) is 6.61 Å². The SMILES string of the molecule is C=CCOc1ccc(C(O)=C2C(=O)C(=O)N(Cc3cccnc3)[C@@H]2c2ccc(C)o2)cc1. The van der Waals surface area contributed by atoms with Crippen molar-refractivity contribution in [3.8, 4) is 5.75 Å². The van der Waals surface area contributed by atoms with Crippen molar-refractivity contribution in [1.82, 2.24) is 9.88 Å². The number of amides is 1. The van der Waals surface area contributed by atoms with Gasteiger partial charge < -0.3 is 19.2 Å². The van der Waals surface area contributed by atoms with Crippen LogP contribution in [-0.2, 0) is 16.1 Å².